The molecule has 0 spiro atoms. The minimum atomic E-state index is -0.557. The van der Waals surface area contributed by atoms with Gasteiger partial charge in [-0.05, 0) is 12.8 Å². The van der Waals surface area contributed by atoms with Crippen molar-refractivity contribution in [1.29, 1.82) is 0 Å². The van der Waals surface area contributed by atoms with E-state index in [0.717, 1.165) is 25.9 Å². The Morgan fingerprint density at radius 3 is 2.68 bits per heavy atom. The Labute approximate surface area is 109 Å². The summed E-state index contributed by atoms with van der Waals surface area (Å²) in [4.78, 5) is 20.3. The Hall–Kier alpha value is -2.16. The fourth-order valence-electron chi connectivity index (χ4n) is 2.03. The predicted octanol–water partition coefficient (Wildman–Crippen LogP) is -0.0286. The summed E-state index contributed by atoms with van der Waals surface area (Å²) >= 11 is 0. The van der Waals surface area contributed by atoms with Crippen LogP contribution in [-0.4, -0.2) is 46.2 Å². The van der Waals surface area contributed by atoms with Gasteiger partial charge in [-0.15, -0.1) is 0 Å². The van der Waals surface area contributed by atoms with Crippen molar-refractivity contribution in [2.24, 2.45) is 0 Å². The largest absolute Gasteiger partial charge is 0.395 e. The van der Waals surface area contributed by atoms with Gasteiger partial charge in [-0.25, -0.2) is 0 Å². The number of aromatic nitrogens is 2. The molecule has 1 saturated heterocycles. The van der Waals surface area contributed by atoms with Crippen molar-refractivity contribution >= 4 is 23.3 Å². The third-order valence-electron chi connectivity index (χ3n) is 2.88. The molecule has 0 radical (unpaired) electrons. The lowest BCUT2D eigenvalue weighted by Crippen LogP contribution is -2.22. The van der Waals surface area contributed by atoms with Crippen LogP contribution in [0.15, 0.2) is 0 Å². The maximum atomic E-state index is 11.1. The summed E-state index contributed by atoms with van der Waals surface area (Å²) in [6.07, 6.45) is 1.95. The Morgan fingerprint density at radius 1 is 1.42 bits per heavy atom. The Balaban J connectivity index is 2.39. The van der Waals surface area contributed by atoms with Crippen LogP contribution in [0.1, 0.15) is 12.8 Å². The number of hydrogen-bond donors (Lipinski definition) is 3. The summed E-state index contributed by atoms with van der Waals surface area (Å²) in [5.41, 5.74) is 5.39. The number of rotatable bonds is 5. The second kappa shape index (κ2) is 5.65. The van der Waals surface area contributed by atoms with Gasteiger partial charge in [0.1, 0.15) is 0 Å². The Bertz CT molecular complexity index is 475. The lowest BCUT2D eigenvalue weighted by Gasteiger charge is -2.17. The predicted molar refractivity (Wildman–Crippen MR) is 70.1 cm³/mol. The molecule has 0 unspecified atom stereocenters. The average molecular weight is 268 g/mol. The van der Waals surface area contributed by atoms with Crippen molar-refractivity contribution in [2.45, 2.75) is 12.8 Å². The van der Waals surface area contributed by atoms with Crippen molar-refractivity contribution in [3.05, 3.63) is 10.1 Å². The molecule has 1 aromatic rings. The number of nitro groups is 1. The van der Waals surface area contributed by atoms with Gasteiger partial charge in [-0.3, -0.25) is 10.1 Å². The number of aliphatic hydroxyl groups is 1. The van der Waals surface area contributed by atoms with E-state index in [-0.39, 0.29) is 36.4 Å². The number of nitrogens with zero attached hydrogens (tertiary/aromatic N) is 4. The fourth-order valence-corrected chi connectivity index (χ4v) is 2.03. The van der Waals surface area contributed by atoms with Crippen LogP contribution < -0.4 is 16.0 Å². The first kappa shape index (κ1) is 13.3. The monoisotopic (exact) mass is 268 g/mol. The van der Waals surface area contributed by atoms with Crippen LogP contribution in [0.4, 0.5) is 23.3 Å². The number of nitrogens with one attached hydrogen (secondary N) is 1. The zero-order valence-corrected chi connectivity index (χ0v) is 10.4. The summed E-state index contributed by atoms with van der Waals surface area (Å²) in [6, 6.07) is 0. The quantitative estimate of drug-likeness (QED) is 0.501. The van der Waals surface area contributed by atoms with Crippen LogP contribution in [0.2, 0.25) is 0 Å². The van der Waals surface area contributed by atoms with Gasteiger partial charge in [-0.1, -0.05) is 0 Å². The molecule has 1 fully saturated rings. The Morgan fingerprint density at radius 2 is 2.11 bits per heavy atom. The second-order valence-corrected chi connectivity index (χ2v) is 4.21. The molecule has 19 heavy (non-hydrogen) atoms. The SMILES string of the molecule is Nc1nc(NCCO)nc(N2CCCC2)c1[N+](=O)[O-]. The van der Waals surface area contributed by atoms with E-state index in [0.29, 0.717) is 0 Å². The summed E-state index contributed by atoms with van der Waals surface area (Å²) in [6.45, 7) is 1.61. The molecular formula is C10H16N6O3. The molecule has 0 aromatic carbocycles. The van der Waals surface area contributed by atoms with Gasteiger partial charge in [0.2, 0.25) is 17.6 Å². The topological polar surface area (TPSA) is 130 Å². The molecular weight excluding hydrogens is 252 g/mol. The lowest BCUT2D eigenvalue weighted by atomic mass is 10.4. The maximum Gasteiger partial charge on any atom is 0.353 e. The van der Waals surface area contributed by atoms with Gasteiger partial charge in [0, 0.05) is 19.6 Å². The minimum Gasteiger partial charge on any atom is -0.395 e. The molecule has 1 aliphatic heterocycles. The van der Waals surface area contributed by atoms with Crippen LogP contribution in [0.25, 0.3) is 0 Å². The third-order valence-corrected chi connectivity index (χ3v) is 2.88. The van der Waals surface area contributed by atoms with Gasteiger partial charge >= 0.3 is 5.69 Å². The van der Waals surface area contributed by atoms with E-state index in [1.807, 2.05) is 4.90 Å². The summed E-state index contributed by atoms with van der Waals surface area (Å²) in [7, 11) is 0. The minimum absolute atomic E-state index is 0.0840. The standard InChI is InChI=1S/C10H16N6O3/c11-8-7(16(18)19)9(15-4-1-2-5-15)14-10(13-8)12-3-6-17/h17H,1-6H2,(H3,11,12,13,14). The normalized spacial score (nSPS) is 14.7. The Kier molecular flexibility index (Phi) is 3.95. The second-order valence-electron chi connectivity index (χ2n) is 4.21. The van der Waals surface area contributed by atoms with Gasteiger partial charge in [-0.2, -0.15) is 9.97 Å². The highest BCUT2D eigenvalue weighted by Gasteiger charge is 2.28. The smallest absolute Gasteiger partial charge is 0.353 e. The highest BCUT2D eigenvalue weighted by Crippen LogP contribution is 2.33. The van der Waals surface area contributed by atoms with E-state index in [1.54, 1.807) is 0 Å². The summed E-state index contributed by atoms with van der Waals surface area (Å²) < 4.78 is 0. The first-order valence-corrected chi connectivity index (χ1v) is 6.05. The molecule has 0 amide bonds. The van der Waals surface area contributed by atoms with E-state index in [9.17, 15) is 10.1 Å². The number of anilines is 3. The summed E-state index contributed by atoms with van der Waals surface area (Å²) in [5, 5.41) is 22.6. The molecule has 0 saturated carbocycles. The molecule has 4 N–H and O–H groups in total. The summed E-state index contributed by atoms with van der Waals surface area (Å²) in [5.74, 6) is 0.275. The third kappa shape index (κ3) is 2.81. The number of nitrogens with two attached hydrogens (primary N) is 1. The van der Waals surface area contributed by atoms with Gasteiger partial charge in [0.05, 0.1) is 11.5 Å². The molecule has 0 aliphatic carbocycles. The van der Waals surface area contributed by atoms with Gasteiger partial charge in [0.15, 0.2) is 0 Å². The van der Waals surface area contributed by atoms with Gasteiger partial charge < -0.3 is 21.1 Å². The van der Waals surface area contributed by atoms with Crippen LogP contribution in [0.5, 0.6) is 0 Å². The first-order chi connectivity index (χ1) is 9.13. The zero-order valence-electron chi connectivity index (χ0n) is 10.4. The fraction of sp³-hybridized carbons (Fsp3) is 0.600. The molecule has 2 rings (SSSR count). The van der Waals surface area contributed by atoms with Crippen LogP contribution >= 0.6 is 0 Å². The van der Waals surface area contributed by atoms with E-state index in [2.05, 4.69) is 15.3 Å². The molecule has 0 atom stereocenters. The van der Waals surface area contributed by atoms with Crippen LogP contribution in [0, 0.1) is 10.1 Å². The average Bonchev–Trinajstić information content (AvgIpc) is 2.88. The number of nitrogen functional groups attached to an aromatic ring is 1. The van der Waals surface area contributed by atoms with Crippen molar-refractivity contribution in [3.63, 3.8) is 0 Å². The zero-order chi connectivity index (χ0) is 13.8. The highest BCUT2D eigenvalue weighted by molar-refractivity contribution is 5.71. The van der Waals surface area contributed by atoms with Gasteiger partial charge in [0.25, 0.3) is 0 Å². The van der Waals surface area contributed by atoms with Crippen molar-refractivity contribution in [3.8, 4) is 0 Å². The first-order valence-electron chi connectivity index (χ1n) is 6.05. The van der Waals surface area contributed by atoms with E-state index >= 15 is 0 Å². The molecule has 1 aliphatic rings. The van der Waals surface area contributed by atoms with Crippen molar-refractivity contribution in [2.75, 3.05) is 42.2 Å². The van der Waals surface area contributed by atoms with E-state index in [1.165, 1.54) is 0 Å². The molecule has 1 aromatic heterocycles. The maximum absolute atomic E-state index is 11.1. The van der Waals surface area contributed by atoms with E-state index < -0.39 is 4.92 Å². The lowest BCUT2D eigenvalue weighted by molar-refractivity contribution is -0.383. The van der Waals surface area contributed by atoms with E-state index in [4.69, 9.17) is 10.8 Å². The molecule has 9 nitrogen and oxygen atoms in total. The van der Waals surface area contributed by atoms with Crippen molar-refractivity contribution in [1.82, 2.24) is 9.97 Å². The number of hydrogen-bond acceptors (Lipinski definition) is 8. The van der Waals surface area contributed by atoms with Crippen molar-refractivity contribution < 1.29 is 10.0 Å². The molecule has 0 bridgehead atoms. The van der Waals surface area contributed by atoms with Crippen LogP contribution in [-0.2, 0) is 0 Å². The molecule has 9 heteroatoms. The highest BCUT2D eigenvalue weighted by atomic mass is 16.6. The molecule has 104 valence electrons. The number of aliphatic hydroxyl groups excluding tert-OH is 1. The molecule has 2 heterocycles. The van der Waals surface area contributed by atoms with Crippen LogP contribution in [0.3, 0.4) is 0 Å².